The van der Waals surface area contributed by atoms with Gasteiger partial charge in [0.15, 0.2) is 0 Å². The van der Waals surface area contributed by atoms with Gasteiger partial charge in [0.1, 0.15) is 6.54 Å². The molecule has 0 aromatic carbocycles. The maximum absolute atomic E-state index is 11.7. The molecule has 0 saturated heterocycles. The van der Waals surface area contributed by atoms with Gasteiger partial charge in [-0.3, -0.25) is 4.98 Å². The highest BCUT2D eigenvalue weighted by Crippen LogP contribution is 2.12. The summed E-state index contributed by atoms with van der Waals surface area (Å²) in [6.45, 7) is -1.36. The highest BCUT2D eigenvalue weighted by molar-refractivity contribution is 5.88. The second kappa shape index (κ2) is 4.63. The molecule has 0 bridgehead atoms. The molecule has 0 atom stereocenters. The van der Waals surface area contributed by atoms with Crippen LogP contribution in [0.25, 0.3) is 0 Å². The molecule has 82 valence electrons. The van der Waals surface area contributed by atoms with E-state index in [9.17, 15) is 18.0 Å². The van der Waals surface area contributed by atoms with Gasteiger partial charge in [0.2, 0.25) is 0 Å². The monoisotopic (exact) mass is 219 g/mol. The van der Waals surface area contributed by atoms with Crippen LogP contribution in [0.3, 0.4) is 0 Å². The van der Waals surface area contributed by atoms with E-state index >= 15 is 0 Å². The predicted molar refractivity (Wildman–Crippen MR) is 47.3 cm³/mol. The first-order valence-electron chi connectivity index (χ1n) is 3.99. The second-order valence-corrected chi connectivity index (χ2v) is 2.66. The van der Waals surface area contributed by atoms with Crippen molar-refractivity contribution in [3.63, 3.8) is 0 Å². The number of hydrogen-bond acceptors (Lipinski definition) is 2. The lowest BCUT2D eigenvalue weighted by molar-refractivity contribution is -0.122. The Morgan fingerprint density at radius 3 is 2.73 bits per heavy atom. The molecule has 1 aromatic heterocycles. The highest BCUT2D eigenvalue weighted by Gasteiger charge is 2.27. The number of carbonyl (C=O) groups excluding carboxylic acids is 1. The van der Waals surface area contributed by atoms with Gasteiger partial charge < -0.3 is 10.6 Å². The molecule has 0 aliphatic rings. The standard InChI is InChI=1S/C8H8F3N3O/c9-8(10,11)5-13-7(15)14-6-2-1-3-12-4-6/h1-4H,5H2,(H2,13,14,15). The summed E-state index contributed by atoms with van der Waals surface area (Å²) in [6.07, 6.45) is -1.60. The van der Waals surface area contributed by atoms with E-state index in [0.29, 0.717) is 5.69 Å². The number of carbonyl (C=O) groups is 1. The minimum atomic E-state index is -4.41. The van der Waals surface area contributed by atoms with Gasteiger partial charge in [-0.05, 0) is 12.1 Å². The lowest BCUT2D eigenvalue weighted by atomic mass is 10.4. The fourth-order valence-corrected chi connectivity index (χ4v) is 0.792. The Morgan fingerprint density at radius 1 is 1.47 bits per heavy atom. The van der Waals surface area contributed by atoms with Gasteiger partial charge in [-0.1, -0.05) is 0 Å². The molecular weight excluding hydrogens is 211 g/mol. The lowest BCUT2D eigenvalue weighted by Gasteiger charge is -2.09. The smallest absolute Gasteiger partial charge is 0.329 e. The molecule has 0 radical (unpaired) electrons. The van der Waals surface area contributed by atoms with Crippen LogP contribution in [-0.2, 0) is 0 Å². The Labute approximate surface area is 83.5 Å². The van der Waals surface area contributed by atoms with E-state index in [0.717, 1.165) is 0 Å². The van der Waals surface area contributed by atoms with Crippen molar-refractivity contribution in [2.75, 3.05) is 11.9 Å². The summed E-state index contributed by atoms with van der Waals surface area (Å²) in [7, 11) is 0. The summed E-state index contributed by atoms with van der Waals surface area (Å²) < 4.78 is 35.1. The zero-order chi connectivity index (χ0) is 11.3. The third-order valence-electron chi connectivity index (χ3n) is 1.37. The van der Waals surface area contributed by atoms with Gasteiger partial charge >= 0.3 is 12.2 Å². The van der Waals surface area contributed by atoms with Crippen LogP contribution in [0.1, 0.15) is 0 Å². The molecule has 15 heavy (non-hydrogen) atoms. The molecule has 2 amide bonds. The molecule has 0 aliphatic heterocycles. The third-order valence-corrected chi connectivity index (χ3v) is 1.37. The number of rotatable bonds is 2. The van der Waals surface area contributed by atoms with E-state index < -0.39 is 18.8 Å². The molecule has 1 aromatic rings. The van der Waals surface area contributed by atoms with Gasteiger partial charge in [-0.25, -0.2) is 4.79 Å². The zero-order valence-electron chi connectivity index (χ0n) is 7.51. The Balaban J connectivity index is 2.38. The molecule has 1 heterocycles. The Hall–Kier alpha value is -1.79. The molecule has 2 N–H and O–H groups in total. The van der Waals surface area contributed by atoms with Crippen LogP contribution in [0.15, 0.2) is 24.5 Å². The van der Waals surface area contributed by atoms with Crippen LogP contribution < -0.4 is 10.6 Å². The van der Waals surface area contributed by atoms with Crippen LogP contribution in [0.4, 0.5) is 23.7 Å². The number of aromatic nitrogens is 1. The van der Waals surface area contributed by atoms with E-state index in [1.165, 1.54) is 18.5 Å². The summed E-state index contributed by atoms with van der Waals surface area (Å²) in [5.41, 5.74) is 0.331. The van der Waals surface area contributed by atoms with Crippen molar-refractivity contribution in [2.24, 2.45) is 0 Å². The fraction of sp³-hybridized carbons (Fsp3) is 0.250. The molecule has 7 heteroatoms. The minimum absolute atomic E-state index is 0.331. The molecule has 1 rings (SSSR count). The molecule has 0 aliphatic carbocycles. The quantitative estimate of drug-likeness (QED) is 0.796. The molecule has 0 saturated carbocycles. The predicted octanol–water partition coefficient (Wildman–Crippen LogP) is 1.77. The summed E-state index contributed by atoms with van der Waals surface area (Å²) in [6, 6.07) is 2.15. The SMILES string of the molecule is O=C(NCC(F)(F)F)Nc1cccnc1. The molecule has 4 nitrogen and oxygen atoms in total. The van der Waals surface area contributed by atoms with Crippen molar-refractivity contribution in [1.29, 1.82) is 0 Å². The molecule has 0 fully saturated rings. The van der Waals surface area contributed by atoms with Crippen LogP contribution >= 0.6 is 0 Å². The first-order chi connectivity index (χ1) is 6.97. The number of alkyl halides is 3. The Kier molecular flexibility index (Phi) is 3.48. The van der Waals surface area contributed by atoms with Crippen molar-refractivity contribution in [1.82, 2.24) is 10.3 Å². The van der Waals surface area contributed by atoms with Crippen LogP contribution in [0, 0.1) is 0 Å². The van der Waals surface area contributed by atoms with E-state index in [4.69, 9.17) is 0 Å². The topological polar surface area (TPSA) is 54.0 Å². The van der Waals surface area contributed by atoms with Gasteiger partial charge in [-0.15, -0.1) is 0 Å². The van der Waals surface area contributed by atoms with E-state index in [-0.39, 0.29) is 0 Å². The summed E-state index contributed by atoms with van der Waals surface area (Å²) in [4.78, 5) is 14.6. The summed E-state index contributed by atoms with van der Waals surface area (Å²) in [5.74, 6) is 0. The highest BCUT2D eigenvalue weighted by atomic mass is 19.4. The number of amides is 2. The van der Waals surface area contributed by atoms with Crippen molar-refractivity contribution < 1.29 is 18.0 Å². The van der Waals surface area contributed by atoms with Crippen molar-refractivity contribution in [3.05, 3.63) is 24.5 Å². The van der Waals surface area contributed by atoms with Crippen molar-refractivity contribution in [3.8, 4) is 0 Å². The fourth-order valence-electron chi connectivity index (χ4n) is 0.792. The Morgan fingerprint density at radius 2 is 2.20 bits per heavy atom. The zero-order valence-corrected chi connectivity index (χ0v) is 7.51. The van der Waals surface area contributed by atoms with Crippen LogP contribution in [0.2, 0.25) is 0 Å². The number of pyridine rings is 1. The molecule has 0 spiro atoms. The lowest BCUT2D eigenvalue weighted by Crippen LogP contribution is -2.36. The van der Waals surface area contributed by atoms with Gasteiger partial charge in [-0.2, -0.15) is 13.2 Å². The van der Waals surface area contributed by atoms with Crippen molar-refractivity contribution >= 4 is 11.7 Å². The third kappa shape index (κ3) is 4.84. The summed E-state index contributed by atoms with van der Waals surface area (Å²) in [5, 5.41) is 3.87. The number of halogens is 3. The number of anilines is 1. The maximum Gasteiger partial charge on any atom is 0.405 e. The Bertz CT molecular complexity index is 326. The van der Waals surface area contributed by atoms with Gasteiger partial charge in [0, 0.05) is 6.20 Å². The number of nitrogens with one attached hydrogen (secondary N) is 2. The maximum atomic E-state index is 11.7. The number of urea groups is 1. The largest absolute Gasteiger partial charge is 0.405 e. The van der Waals surface area contributed by atoms with Gasteiger partial charge in [0.25, 0.3) is 0 Å². The average Bonchev–Trinajstić information content (AvgIpc) is 2.15. The molecular formula is C8H8F3N3O. The number of nitrogens with zero attached hydrogens (tertiary/aromatic N) is 1. The molecule has 0 unspecified atom stereocenters. The first-order valence-corrected chi connectivity index (χ1v) is 3.99. The van der Waals surface area contributed by atoms with E-state index in [1.807, 2.05) is 0 Å². The minimum Gasteiger partial charge on any atom is -0.329 e. The van der Waals surface area contributed by atoms with Gasteiger partial charge in [0.05, 0.1) is 11.9 Å². The second-order valence-electron chi connectivity index (χ2n) is 2.66. The first kappa shape index (κ1) is 11.3. The van der Waals surface area contributed by atoms with E-state index in [2.05, 4.69) is 10.3 Å². The van der Waals surface area contributed by atoms with Crippen LogP contribution in [0.5, 0.6) is 0 Å². The number of hydrogen-bond donors (Lipinski definition) is 2. The average molecular weight is 219 g/mol. The normalized spacial score (nSPS) is 10.9. The van der Waals surface area contributed by atoms with Crippen LogP contribution in [-0.4, -0.2) is 23.7 Å². The van der Waals surface area contributed by atoms with Crippen molar-refractivity contribution in [2.45, 2.75) is 6.18 Å². The van der Waals surface area contributed by atoms with E-state index in [1.54, 1.807) is 11.4 Å². The summed E-state index contributed by atoms with van der Waals surface area (Å²) >= 11 is 0.